The lowest BCUT2D eigenvalue weighted by molar-refractivity contribution is -0.114. The third-order valence-electron chi connectivity index (χ3n) is 5.29. The number of methoxy groups -OCH3 is 1. The molecule has 2 aliphatic heterocycles. The Bertz CT molecular complexity index is 972. The molecule has 1 fully saturated rings. The molecular formula is C22H22BrN3O3. The molecule has 2 aromatic rings. The summed E-state index contributed by atoms with van der Waals surface area (Å²) in [5.74, 6) is -0.789. The zero-order chi connectivity index (χ0) is 20.4. The Morgan fingerprint density at radius 2 is 1.97 bits per heavy atom. The highest BCUT2D eigenvalue weighted by molar-refractivity contribution is 9.10. The highest BCUT2D eigenvalue weighted by Gasteiger charge is 2.27. The summed E-state index contributed by atoms with van der Waals surface area (Å²) in [5.41, 5.74) is 3.62. The van der Waals surface area contributed by atoms with Crippen LogP contribution in [0, 0.1) is 0 Å². The molecule has 2 heterocycles. The molecule has 0 radical (unpaired) electrons. The maximum Gasteiger partial charge on any atom is 0.260 e. The van der Waals surface area contributed by atoms with Crippen LogP contribution in [0.15, 0.2) is 53.1 Å². The molecule has 0 aromatic heterocycles. The number of nitrogens with one attached hydrogen (secondary N) is 2. The van der Waals surface area contributed by atoms with E-state index in [1.807, 2.05) is 12.1 Å². The minimum atomic E-state index is -0.411. The van der Waals surface area contributed by atoms with Gasteiger partial charge in [0.15, 0.2) is 0 Å². The molecule has 7 heteroatoms. The van der Waals surface area contributed by atoms with Gasteiger partial charge in [0.2, 0.25) is 0 Å². The van der Waals surface area contributed by atoms with Gasteiger partial charge in [0, 0.05) is 54.2 Å². The molecule has 29 heavy (non-hydrogen) atoms. The average Bonchev–Trinajstić information content (AvgIpc) is 3.16. The lowest BCUT2D eigenvalue weighted by atomic mass is 9.95. The second-order valence-electron chi connectivity index (χ2n) is 7.25. The van der Waals surface area contributed by atoms with E-state index in [4.69, 9.17) is 4.74 Å². The van der Waals surface area contributed by atoms with Crippen LogP contribution in [0.25, 0.3) is 5.57 Å². The van der Waals surface area contributed by atoms with E-state index in [0.29, 0.717) is 22.8 Å². The fourth-order valence-electron chi connectivity index (χ4n) is 3.69. The van der Waals surface area contributed by atoms with Crippen molar-refractivity contribution in [3.8, 4) is 0 Å². The minimum absolute atomic E-state index is 0.332. The summed E-state index contributed by atoms with van der Waals surface area (Å²) >= 11 is 3.40. The number of benzene rings is 2. The van der Waals surface area contributed by atoms with Crippen LogP contribution in [0.4, 0.5) is 5.69 Å². The first-order chi connectivity index (χ1) is 14.0. The molecule has 4 rings (SSSR count). The van der Waals surface area contributed by atoms with Crippen LogP contribution >= 0.6 is 15.9 Å². The van der Waals surface area contributed by atoms with Crippen LogP contribution < -0.4 is 10.6 Å². The van der Waals surface area contributed by atoms with Crippen molar-refractivity contribution in [3.05, 3.63) is 69.8 Å². The third kappa shape index (κ3) is 4.42. The molecule has 150 valence electrons. The van der Waals surface area contributed by atoms with E-state index < -0.39 is 5.91 Å². The molecule has 0 spiro atoms. The van der Waals surface area contributed by atoms with Crippen molar-refractivity contribution < 1.29 is 14.3 Å². The van der Waals surface area contributed by atoms with Crippen LogP contribution in [0.1, 0.15) is 27.9 Å². The van der Waals surface area contributed by atoms with Gasteiger partial charge in [-0.25, -0.2) is 0 Å². The number of likely N-dealkylation sites (tertiary alicyclic amines) is 1. The van der Waals surface area contributed by atoms with E-state index in [-0.39, 0.29) is 5.91 Å². The van der Waals surface area contributed by atoms with E-state index in [1.54, 1.807) is 31.5 Å². The molecule has 6 nitrogen and oxygen atoms in total. The van der Waals surface area contributed by atoms with E-state index in [1.165, 1.54) is 5.56 Å². The number of rotatable bonds is 5. The molecule has 2 aromatic carbocycles. The Hall–Kier alpha value is -2.48. The van der Waals surface area contributed by atoms with Crippen LogP contribution in [0.3, 0.4) is 0 Å². The normalized spacial score (nSPS) is 20.6. The summed E-state index contributed by atoms with van der Waals surface area (Å²) in [6, 6.07) is 13.4. The first-order valence-electron chi connectivity index (χ1n) is 9.50. The van der Waals surface area contributed by atoms with Gasteiger partial charge in [-0.05, 0) is 42.3 Å². The van der Waals surface area contributed by atoms with Crippen molar-refractivity contribution in [2.75, 3.05) is 25.5 Å². The Morgan fingerprint density at radius 1 is 1.17 bits per heavy atom. The lowest BCUT2D eigenvalue weighted by Crippen LogP contribution is -2.36. The molecule has 2 amide bonds. The minimum Gasteiger partial charge on any atom is -0.380 e. The summed E-state index contributed by atoms with van der Waals surface area (Å²) in [4.78, 5) is 26.8. The topological polar surface area (TPSA) is 70.7 Å². The van der Waals surface area contributed by atoms with Crippen LogP contribution in [0.5, 0.6) is 0 Å². The summed E-state index contributed by atoms with van der Waals surface area (Å²) in [6.45, 7) is 2.91. The SMILES string of the molecule is CO[C@@H]1CCN(Cc2ccc(NC=C3C(=O)NC(=O)c4ccc(Br)cc43)cc2)C1. The van der Waals surface area contributed by atoms with Crippen molar-refractivity contribution in [2.24, 2.45) is 0 Å². The zero-order valence-electron chi connectivity index (χ0n) is 16.1. The Morgan fingerprint density at radius 3 is 2.69 bits per heavy atom. The highest BCUT2D eigenvalue weighted by atomic mass is 79.9. The quantitative estimate of drug-likeness (QED) is 0.533. The number of amides is 2. The van der Waals surface area contributed by atoms with E-state index in [0.717, 1.165) is 36.2 Å². The van der Waals surface area contributed by atoms with Crippen LogP contribution in [0.2, 0.25) is 0 Å². The second-order valence-corrected chi connectivity index (χ2v) is 8.17. The van der Waals surface area contributed by atoms with Crippen molar-refractivity contribution in [1.29, 1.82) is 0 Å². The summed E-state index contributed by atoms with van der Waals surface area (Å²) in [7, 11) is 1.77. The van der Waals surface area contributed by atoms with E-state index in [9.17, 15) is 9.59 Å². The molecule has 0 saturated carbocycles. The van der Waals surface area contributed by atoms with Gasteiger partial charge in [-0.2, -0.15) is 0 Å². The number of carbonyl (C=O) groups is 2. The predicted octanol–water partition coefficient (Wildman–Crippen LogP) is 3.39. The fraction of sp³-hybridized carbons (Fsp3) is 0.273. The maximum atomic E-state index is 12.3. The number of ether oxygens (including phenoxy) is 1. The van der Waals surface area contributed by atoms with Gasteiger partial charge < -0.3 is 10.1 Å². The first-order valence-corrected chi connectivity index (χ1v) is 10.3. The number of carbonyl (C=O) groups excluding carboxylic acids is 2. The van der Waals surface area contributed by atoms with Crippen LogP contribution in [-0.4, -0.2) is 43.0 Å². The van der Waals surface area contributed by atoms with Gasteiger partial charge in [-0.1, -0.05) is 28.1 Å². The molecule has 0 aliphatic carbocycles. The molecule has 1 atom stereocenters. The van der Waals surface area contributed by atoms with E-state index in [2.05, 4.69) is 43.6 Å². The van der Waals surface area contributed by atoms with Crippen molar-refractivity contribution in [2.45, 2.75) is 19.1 Å². The molecule has 0 bridgehead atoms. The molecule has 2 aliphatic rings. The van der Waals surface area contributed by atoms with Crippen molar-refractivity contribution in [3.63, 3.8) is 0 Å². The Labute approximate surface area is 178 Å². The molecule has 2 N–H and O–H groups in total. The second kappa shape index (κ2) is 8.49. The number of fused-ring (bicyclic) bond motifs is 1. The lowest BCUT2D eigenvalue weighted by Gasteiger charge is -2.19. The Balaban J connectivity index is 1.46. The highest BCUT2D eigenvalue weighted by Crippen LogP contribution is 2.27. The van der Waals surface area contributed by atoms with Gasteiger partial charge in [-0.15, -0.1) is 0 Å². The molecule has 1 saturated heterocycles. The maximum absolute atomic E-state index is 12.3. The fourth-order valence-corrected chi connectivity index (χ4v) is 4.05. The standard InChI is InChI=1S/C22H22BrN3O3/c1-29-17-8-9-26(13-17)12-14-2-5-16(6-3-14)24-11-20-19-10-15(23)4-7-18(19)21(27)25-22(20)28/h2-7,10-11,17,24H,8-9,12-13H2,1H3,(H,25,27,28)/t17-/m1/s1. The van der Waals surface area contributed by atoms with Gasteiger partial charge in [0.05, 0.1) is 11.7 Å². The number of hydrogen-bond acceptors (Lipinski definition) is 5. The number of anilines is 1. The predicted molar refractivity (Wildman–Crippen MR) is 115 cm³/mol. The van der Waals surface area contributed by atoms with Crippen molar-refractivity contribution in [1.82, 2.24) is 10.2 Å². The number of imide groups is 1. The van der Waals surface area contributed by atoms with Crippen LogP contribution in [-0.2, 0) is 16.1 Å². The molecular weight excluding hydrogens is 434 g/mol. The number of nitrogens with zero attached hydrogens (tertiary/aromatic N) is 1. The van der Waals surface area contributed by atoms with Gasteiger partial charge in [-0.3, -0.25) is 19.8 Å². The largest absolute Gasteiger partial charge is 0.380 e. The number of halogens is 1. The summed E-state index contributed by atoms with van der Waals surface area (Å²) in [5, 5.41) is 5.56. The van der Waals surface area contributed by atoms with E-state index >= 15 is 0 Å². The average molecular weight is 456 g/mol. The smallest absolute Gasteiger partial charge is 0.260 e. The van der Waals surface area contributed by atoms with Crippen molar-refractivity contribution >= 4 is 39.0 Å². The summed E-state index contributed by atoms with van der Waals surface area (Å²) < 4.78 is 6.23. The third-order valence-corrected chi connectivity index (χ3v) is 5.79. The van der Waals surface area contributed by atoms with Gasteiger partial charge in [0.1, 0.15) is 0 Å². The summed E-state index contributed by atoms with van der Waals surface area (Å²) in [6.07, 6.45) is 3.05. The van der Waals surface area contributed by atoms with Gasteiger partial charge in [0.25, 0.3) is 11.8 Å². The Kier molecular flexibility index (Phi) is 5.80. The zero-order valence-corrected chi connectivity index (χ0v) is 17.7. The monoisotopic (exact) mass is 455 g/mol. The van der Waals surface area contributed by atoms with Gasteiger partial charge >= 0.3 is 0 Å². The number of hydrogen-bond donors (Lipinski definition) is 2. The molecule has 0 unspecified atom stereocenters. The first kappa shape index (κ1) is 19.8.